The van der Waals surface area contributed by atoms with E-state index in [0.29, 0.717) is 5.75 Å². The Balaban J connectivity index is 2.79. The first-order chi connectivity index (χ1) is 6.38. The molecule has 0 radical (unpaired) electrons. The van der Waals surface area contributed by atoms with E-state index in [1.807, 2.05) is 20.8 Å². The summed E-state index contributed by atoms with van der Waals surface area (Å²) in [6.45, 7) is 5.74. The van der Waals surface area contributed by atoms with E-state index < -0.39 is 5.91 Å². The first kappa shape index (κ1) is 10.4. The zero-order valence-electron chi connectivity index (χ0n) is 8.44. The monoisotopic (exact) mass is 195 g/mol. The second kappa shape index (κ2) is 3.61. The summed E-state index contributed by atoms with van der Waals surface area (Å²) in [5, 5.41) is 0. The normalized spacial score (nSPS) is 11.1. The molecule has 0 saturated heterocycles. The summed E-state index contributed by atoms with van der Waals surface area (Å²) < 4.78 is 5.46. The van der Waals surface area contributed by atoms with Gasteiger partial charge in [0.1, 0.15) is 5.60 Å². The van der Waals surface area contributed by atoms with Gasteiger partial charge in [-0.15, -0.1) is 0 Å². The van der Waals surface area contributed by atoms with Crippen LogP contribution in [0.5, 0.6) is 5.75 Å². The van der Waals surface area contributed by atoms with E-state index in [2.05, 4.69) is 9.97 Å². The van der Waals surface area contributed by atoms with E-state index >= 15 is 0 Å². The van der Waals surface area contributed by atoms with Gasteiger partial charge in [0.05, 0.1) is 12.4 Å². The van der Waals surface area contributed by atoms with Gasteiger partial charge < -0.3 is 10.5 Å². The zero-order chi connectivity index (χ0) is 10.8. The van der Waals surface area contributed by atoms with E-state index in [4.69, 9.17) is 10.5 Å². The summed E-state index contributed by atoms with van der Waals surface area (Å²) in [6.07, 6.45) is 2.86. The highest BCUT2D eigenvalue weighted by atomic mass is 16.5. The second-order valence-corrected chi connectivity index (χ2v) is 3.82. The molecule has 5 heteroatoms. The van der Waals surface area contributed by atoms with Crippen molar-refractivity contribution in [3.8, 4) is 5.75 Å². The van der Waals surface area contributed by atoms with Crippen LogP contribution in [0.15, 0.2) is 12.4 Å². The summed E-state index contributed by atoms with van der Waals surface area (Å²) in [4.78, 5) is 18.2. The van der Waals surface area contributed by atoms with Crippen LogP contribution in [0.2, 0.25) is 0 Å². The van der Waals surface area contributed by atoms with Gasteiger partial charge in [0.2, 0.25) is 5.82 Å². The Kier molecular flexibility index (Phi) is 2.69. The Hall–Kier alpha value is -1.65. The van der Waals surface area contributed by atoms with Crippen molar-refractivity contribution in [2.24, 2.45) is 5.73 Å². The highest BCUT2D eigenvalue weighted by molar-refractivity contribution is 5.88. The number of aromatic nitrogens is 2. The van der Waals surface area contributed by atoms with Crippen LogP contribution in [0, 0.1) is 0 Å². The number of hydrogen-bond donors (Lipinski definition) is 1. The number of nitrogens with zero attached hydrogens (tertiary/aromatic N) is 2. The van der Waals surface area contributed by atoms with Crippen LogP contribution in [0.1, 0.15) is 31.4 Å². The fraction of sp³-hybridized carbons (Fsp3) is 0.444. The predicted octanol–water partition coefficient (Wildman–Crippen LogP) is 0.753. The van der Waals surface area contributed by atoms with E-state index in [1.54, 1.807) is 0 Å². The molecule has 1 amide bonds. The summed E-state index contributed by atoms with van der Waals surface area (Å²) in [6, 6.07) is 0. The molecular weight excluding hydrogens is 182 g/mol. The Labute approximate surface area is 82.3 Å². The van der Waals surface area contributed by atoms with Crippen molar-refractivity contribution in [2.75, 3.05) is 0 Å². The molecule has 1 rings (SSSR count). The molecule has 0 unspecified atom stereocenters. The Morgan fingerprint density at radius 3 is 2.21 bits per heavy atom. The maximum absolute atomic E-state index is 10.7. The Bertz CT molecular complexity index is 327. The highest BCUT2D eigenvalue weighted by Gasteiger charge is 2.12. The minimum absolute atomic E-state index is 0.00809. The van der Waals surface area contributed by atoms with Gasteiger partial charge >= 0.3 is 0 Å². The van der Waals surface area contributed by atoms with Crippen molar-refractivity contribution in [3.63, 3.8) is 0 Å². The lowest BCUT2D eigenvalue weighted by atomic mass is 10.2. The molecule has 1 heterocycles. The van der Waals surface area contributed by atoms with Crippen LogP contribution >= 0.6 is 0 Å². The number of rotatable bonds is 2. The molecule has 0 aliphatic carbocycles. The fourth-order valence-corrected chi connectivity index (χ4v) is 0.850. The molecule has 0 saturated carbocycles. The van der Waals surface area contributed by atoms with Crippen molar-refractivity contribution < 1.29 is 9.53 Å². The number of carbonyl (C=O) groups excluding carboxylic acids is 1. The molecule has 14 heavy (non-hydrogen) atoms. The van der Waals surface area contributed by atoms with Crippen molar-refractivity contribution in [2.45, 2.75) is 26.4 Å². The van der Waals surface area contributed by atoms with Crippen LogP contribution < -0.4 is 10.5 Å². The lowest BCUT2D eigenvalue weighted by Gasteiger charge is -2.20. The minimum atomic E-state index is -0.646. The third-order valence-corrected chi connectivity index (χ3v) is 1.27. The molecular formula is C9H13N3O2. The number of primary amides is 1. The maximum Gasteiger partial charge on any atom is 0.286 e. The number of hydrogen-bond acceptors (Lipinski definition) is 4. The first-order valence-electron chi connectivity index (χ1n) is 4.19. The van der Waals surface area contributed by atoms with Crippen LogP contribution in [-0.2, 0) is 0 Å². The molecule has 0 spiro atoms. The Morgan fingerprint density at radius 2 is 1.86 bits per heavy atom. The third-order valence-electron chi connectivity index (χ3n) is 1.27. The Morgan fingerprint density at radius 1 is 1.36 bits per heavy atom. The molecule has 0 bridgehead atoms. The van der Waals surface area contributed by atoms with Crippen molar-refractivity contribution in [3.05, 3.63) is 18.2 Å². The van der Waals surface area contributed by atoms with Gasteiger partial charge in [-0.25, -0.2) is 9.97 Å². The SMILES string of the molecule is CC(C)(C)Oc1cnc(C(N)=O)nc1. The lowest BCUT2D eigenvalue weighted by molar-refractivity contribution is 0.0989. The topological polar surface area (TPSA) is 78.1 Å². The molecule has 1 aromatic heterocycles. The van der Waals surface area contributed by atoms with Gasteiger partial charge in [-0.3, -0.25) is 4.79 Å². The standard InChI is InChI=1S/C9H13N3O2/c1-9(2,3)14-6-4-11-8(7(10)13)12-5-6/h4-5H,1-3H3,(H2,10,13). The van der Waals surface area contributed by atoms with Gasteiger partial charge in [0.15, 0.2) is 5.75 Å². The van der Waals surface area contributed by atoms with Gasteiger partial charge in [-0.2, -0.15) is 0 Å². The molecule has 2 N–H and O–H groups in total. The van der Waals surface area contributed by atoms with Gasteiger partial charge in [-0.1, -0.05) is 0 Å². The van der Waals surface area contributed by atoms with E-state index in [-0.39, 0.29) is 11.4 Å². The minimum Gasteiger partial charge on any atom is -0.485 e. The largest absolute Gasteiger partial charge is 0.485 e. The van der Waals surface area contributed by atoms with Gasteiger partial charge in [0, 0.05) is 0 Å². The number of amides is 1. The molecule has 0 aromatic carbocycles. The van der Waals surface area contributed by atoms with Crippen molar-refractivity contribution in [1.82, 2.24) is 9.97 Å². The first-order valence-corrected chi connectivity index (χ1v) is 4.19. The molecule has 0 aliphatic rings. The molecule has 0 fully saturated rings. The lowest BCUT2D eigenvalue weighted by Crippen LogP contribution is -2.23. The summed E-state index contributed by atoms with van der Waals surface area (Å²) in [5.41, 5.74) is 4.68. The summed E-state index contributed by atoms with van der Waals surface area (Å²) in [7, 11) is 0. The molecule has 0 aliphatic heterocycles. The average Bonchev–Trinajstić information content (AvgIpc) is 2.02. The van der Waals surface area contributed by atoms with Crippen LogP contribution in [0.25, 0.3) is 0 Å². The quantitative estimate of drug-likeness (QED) is 0.755. The number of nitrogens with two attached hydrogens (primary N) is 1. The second-order valence-electron chi connectivity index (χ2n) is 3.82. The van der Waals surface area contributed by atoms with Crippen molar-refractivity contribution >= 4 is 5.91 Å². The molecule has 1 aromatic rings. The smallest absolute Gasteiger partial charge is 0.286 e. The van der Waals surface area contributed by atoms with Crippen LogP contribution in [0.4, 0.5) is 0 Å². The predicted molar refractivity (Wildman–Crippen MR) is 50.9 cm³/mol. The van der Waals surface area contributed by atoms with Crippen LogP contribution in [0.3, 0.4) is 0 Å². The fourth-order valence-electron chi connectivity index (χ4n) is 0.850. The zero-order valence-corrected chi connectivity index (χ0v) is 8.44. The highest BCUT2D eigenvalue weighted by Crippen LogP contribution is 2.14. The molecule has 76 valence electrons. The van der Waals surface area contributed by atoms with Gasteiger partial charge in [0.25, 0.3) is 5.91 Å². The molecule has 0 atom stereocenters. The maximum atomic E-state index is 10.7. The van der Waals surface area contributed by atoms with E-state index in [1.165, 1.54) is 12.4 Å². The summed E-state index contributed by atoms with van der Waals surface area (Å²) >= 11 is 0. The van der Waals surface area contributed by atoms with E-state index in [9.17, 15) is 4.79 Å². The number of ether oxygens (including phenoxy) is 1. The third kappa shape index (κ3) is 3.01. The van der Waals surface area contributed by atoms with Crippen LogP contribution in [-0.4, -0.2) is 21.5 Å². The number of carbonyl (C=O) groups is 1. The average molecular weight is 195 g/mol. The van der Waals surface area contributed by atoms with E-state index in [0.717, 1.165) is 0 Å². The molecule has 5 nitrogen and oxygen atoms in total. The van der Waals surface area contributed by atoms with Crippen molar-refractivity contribution in [1.29, 1.82) is 0 Å². The van der Waals surface area contributed by atoms with Gasteiger partial charge in [-0.05, 0) is 20.8 Å². The summed E-state index contributed by atoms with van der Waals surface area (Å²) in [5.74, 6) is -0.138.